The maximum Gasteiger partial charge on any atom is 0.253 e. The summed E-state index contributed by atoms with van der Waals surface area (Å²) in [6.45, 7) is 9.79. The number of nitrogens with one attached hydrogen (secondary N) is 1. The van der Waals surface area contributed by atoms with E-state index < -0.39 is 0 Å². The summed E-state index contributed by atoms with van der Waals surface area (Å²) in [6, 6.07) is 19.4. The summed E-state index contributed by atoms with van der Waals surface area (Å²) in [6.07, 6.45) is 4.09. The van der Waals surface area contributed by atoms with Crippen molar-refractivity contribution in [1.29, 1.82) is 0 Å². The quantitative estimate of drug-likeness (QED) is 0.611. The Labute approximate surface area is 202 Å². The molecule has 0 radical (unpaired) electrons. The van der Waals surface area contributed by atoms with Gasteiger partial charge < -0.3 is 20.0 Å². The third-order valence-electron chi connectivity index (χ3n) is 7.34. The summed E-state index contributed by atoms with van der Waals surface area (Å²) in [4.78, 5) is 24.1. The maximum atomic E-state index is 12.9. The van der Waals surface area contributed by atoms with Gasteiger partial charge in [0.05, 0.1) is 5.52 Å². The summed E-state index contributed by atoms with van der Waals surface area (Å²) < 4.78 is 0. The van der Waals surface area contributed by atoms with Crippen molar-refractivity contribution >= 4 is 22.5 Å². The molecule has 3 heterocycles. The van der Waals surface area contributed by atoms with E-state index in [1.165, 1.54) is 16.6 Å². The minimum atomic E-state index is 0.162. The van der Waals surface area contributed by atoms with Crippen molar-refractivity contribution in [3.8, 4) is 0 Å². The zero-order valence-electron chi connectivity index (χ0n) is 20.1. The van der Waals surface area contributed by atoms with Crippen LogP contribution in [0.15, 0.2) is 60.8 Å². The van der Waals surface area contributed by atoms with E-state index in [-0.39, 0.29) is 5.91 Å². The highest BCUT2D eigenvalue weighted by atomic mass is 16.2. The van der Waals surface area contributed by atoms with Gasteiger partial charge in [-0.05, 0) is 67.4 Å². The van der Waals surface area contributed by atoms with Gasteiger partial charge in [-0.1, -0.05) is 19.1 Å². The molecule has 5 rings (SSSR count). The number of likely N-dealkylation sites (N-methyl/N-ethyl adjacent to an activating group) is 1. The molecule has 2 saturated heterocycles. The molecule has 2 aromatic carbocycles. The van der Waals surface area contributed by atoms with Crippen molar-refractivity contribution < 1.29 is 4.79 Å². The molecule has 2 aliphatic heterocycles. The Kier molecular flexibility index (Phi) is 7.07. The van der Waals surface area contributed by atoms with E-state index in [0.717, 1.165) is 76.3 Å². The third-order valence-corrected chi connectivity index (χ3v) is 7.34. The Bertz CT molecular complexity index is 1100. The molecule has 6 heteroatoms. The summed E-state index contributed by atoms with van der Waals surface area (Å²) in [5.41, 5.74) is 4.37. The van der Waals surface area contributed by atoms with Gasteiger partial charge in [0.25, 0.3) is 5.91 Å². The molecule has 1 amide bonds. The van der Waals surface area contributed by atoms with Gasteiger partial charge in [-0.15, -0.1) is 0 Å². The number of anilines is 1. The highest BCUT2D eigenvalue weighted by molar-refractivity contribution is 5.94. The molecule has 2 aliphatic rings. The standard InChI is InChI=1S/C28H35N5O/c1-2-31-16-18-33(19-17-31)28(34)23-6-8-26(9-7-23)32-14-11-25(12-15-32)30-21-22-5-10-27-24(20-22)4-3-13-29-27/h3-10,13,20,25,30H,2,11-12,14-19,21H2,1H3. The first-order valence-corrected chi connectivity index (χ1v) is 12.6. The smallest absolute Gasteiger partial charge is 0.253 e. The van der Waals surface area contributed by atoms with Crippen molar-refractivity contribution in [2.75, 3.05) is 50.7 Å². The summed E-state index contributed by atoms with van der Waals surface area (Å²) in [5.74, 6) is 0.162. The first-order valence-electron chi connectivity index (χ1n) is 12.6. The molecule has 0 saturated carbocycles. The number of nitrogens with zero attached hydrogens (tertiary/aromatic N) is 4. The first-order chi connectivity index (χ1) is 16.7. The number of piperazine rings is 1. The highest BCUT2D eigenvalue weighted by Crippen LogP contribution is 2.22. The van der Waals surface area contributed by atoms with E-state index >= 15 is 0 Å². The zero-order valence-corrected chi connectivity index (χ0v) is 20.1. The fraction of sp³-hybridized carbons (Fsp3) is 0.429. The second-order valence-electron chi connectivity index (χ2n) is 9.45. The van der Waals surface area contributed by atoms with Crippen LogP contribution in [0.5, 0.6) is 0 Å². The van der Waals surface area contributed by atoms with Crippen LogP contribution in [-0.4, -0.2) is 72.5 Å². The van der Waals surface area contributed by atoms with Gasteiger partial charge in [-0.2, -0.15) is 0 Å². The number of rotatable bonds is 6. The maximum absolute atomic E-state index is 12.9. The molecular weight excluding hydrogens is 422 g/mol. The van der Waals surface area contributed by atoms with E-state index in [9.17, 15) is 4.79 Å². The summed E-state index contributed by atoms with van der Waals surface area (Å²) in [7, 11) is 0. The lowest BCUT2D eigenvalue weighted by molar-refractivity contribution is 0.0643. The number of piperidine rings is 1. The van der Waals surface area contributed by atoms with Crippen LogP contribution in [0.4, 0.5) is 5.69 Å². The number of hydrogen-bond acceptors (Lipinski definition) is 5. The minimum absolute atomic E-state index is 0.162. The molecule has 0 unspecified atom stereocenters. The van der Waals surface area contributed by atoms with Gasteiger partial charge in [0.1, 0.15) is 0 Å². The Morgan fingerprint density at radius 3 is 2.47 bits per heavy atom. The topological polar surface area (TPSA) is 51.7 Å². The van der Waals surface area contributed by atoms with Gasteiger partial charge in [-0.25, -0.2) is 0 Å². The molecule has 3 aromatic rings. The van der Waals surface area contributed by atoms with Crippen LogP contribution in [-0.2, 0) is 6.54 Å². The van der Waals surface area contributed by atoms with Gasteiger partial charge in [0.15, 0.2) is 0 Å². The highest BCUT2D eigenvalue weighted by Gasteiger charge is 2.22. The Morgan fingerprint density at radius 2 is 1.74 bits per heavy atom. The number of benzene rings is 2. The largest absolute Gasteiger partial charge is 0.371 e. The van der Waals surface area contributed by atoms with Crippen LogP contribution >= 0.6 is 0 Å². The SMILES string of the molecule is CCN1CCN(C(=O)c2ccc(N3CCC(NCc4ccc5ncccc5c4)CC3)cc2)CC1. The predicted octanol–water partition coefficient (Wildman–Crippen LogP) is 3.77. The molecule has 0 bridgehead atoms. The molecule has 0 atom stereocenters. The van der Waals surface area contributed by atoms with Crippen molar-refractivity contribution in [3.05, 3.63) is 71.9 Å². The summed E-state index contributed by atoms with van der Waals surface area (Å²) in [5, 5.41) is 4.94. The van der Waals surface area contributed by atoms with Gasteiger partial charge in [-0.3, -0.25) is 9.78 Å². The normalized spacial score (nSPS) is 17.9. The lowest BCUT2D eigenvalue weighted by Gasteiger charge is -2.35. The zero-order chi connectivity index (χ0) is 23.3. The van der Waals surface area contributed by atoms with E-state index in [1.807, 2.05) is 29.3 Å². The molecule has 0 spiro atoms. The van der Waals surface area contributed by atoms with Gasteiger partial charge in [0.2, 0.25) is 0 Å². The number of carbonyl (C=O) groups is 1. The van der Waals surface area contributed by atoms with Crippen LogP contribution in [0, 0.1) is 0 Å². The van der Waals surface area contributed by atoms with Crippen LogP contribution in [0.1, 0.15) is 35.7 Å². The predicted molar refractivity (Wildman–Crippen MR) is 138 cm³/mol. The number of amides is 1. The first kappa shape index (κ1) is 22.8. The average molecular weight is 458 g/mol. The Morgan fingerprint density at radius 1 is 0.971 bits per heavy atom. The summed E-state index contributed by atoms with van der Waals surface area (Å²) >= 11 is 0. The van der Waals surface area contributed by atoms with Crippen LogP contribution in [0.25, 0.3) is 10.9 Å². The Hall–Kier alpha value is -2.96. The molecule has 1 aromatic heterocycles. The van der Waals surface area contributed by atoms with E-state index in [2.05, 4.69) is 63.4 Å². The lowest BCUT2D eigenvalue weighted by atomic mass is 10.0. The third kappa shape index (κ3) is 5.24. The molecular formula is C28H35N5O. The number of aromatic nitrogens is 1. The Balaban J connectivity index is 1.10. The van der Waals surface area contributed by atoms with Crippen molar-refractivity contribution in [3.63, 3.8) is 0 Å². The molecule has 34 heavy (non-hydrogen) atoms. The van der Waals surface area contributed by atoms with Crippen LogP contribution in [0.2, 0.25) is 0 Å². The molecule has 0 aliphatic carbocycles. The van der Waals surface area contributed by atoms with E-state index in [0.29, 0.717) is 6.04 Å². The second-order valence-corrected chi connectivity index (χ2v) is 9.45. The van der Waals surface area contributed by atoms with Gasteiger partial charge in [0, 0.05) is 74.7 Å². The monoisotopic (exact) mass is 457 g/mol. The fourth-order valence-corrected chi connectivity index (χ4v) is 5.10. The fourth-order valence-electron chi connectivity index (χ4n) is 5.10. The van der Waals surface area contributed by atoms with Crippen molar-refractivity contribution in [1.82, 2.24) is 20.1 Å². The lowest BCUT2D eigenvalue weighted by Crippen LogP contribution is -2.48. The van der Waals surface area contributed by atoms with Gasteiger partial charge >= 0.3 is 0 Å². The number of carbonyl (C=O) groups excluding carboxylic acids is 1. The number of fused-ring (bicyclic) bond motifs is 1. The number of pyridine rings is 1. The molecule has 2 fully saturated rings. The van der Waals surface area contributed by atoms with Crippen molar-refractivity contribution in [2.45, 2.75) is 32.4 Å². The van der Waals surface area contributed by atoms with E-state index in [4.69, 9.17) is 0 Å². The molecule has 6 nitrogen and oxygen atoms in total. The molecule has 1 N–H and O–H groups in total. The van der Waals surface area contributed by atoms with Crippen LogP contribution in [0.3, 0.4) is 0 Å². The minimum Gasteiger partial charge on any atom is -0.371 e. The second kappa shape index (κ2) is 10.5. The number of hydrogen-bond donors (Lipinski definition) is 1. The molecule has 178 valence electrons. The van der Waals surface area contributed by atoms with Crippen LogP contribution < -0.4 is 10.2 Å². The average Bonchev–Trinajstić information content (AvgIpc) is 2.92. The van der Waals surface area contributed by atoms with E-state index in [1.54, 1.807) is 0 Å². The van der Waals surface area contributed by atoms with Crippen molar-refractivity contribution in [2.24, 2.45) is 0 Å².